The molecule has 1 aliphatic carbocycles. The molecule has 1 aromatic carbocycles. The molecule has 0 saturated carbocycles. The molecule has 0 radical (unpaired) electrons. The minimum absolute atomic E-state index is 0.255. The Balaban J connectivity index is 1.39. The van der Waals surface area contributed by atoms with Gasteiger partial charge in [0, 0.05) is 30.4 Å². The molecule has 0 bridgehead atoms. The first-order valence-corrected chi connectivity index (χ1v) is 10.9. The Morgan fingerprint density at radius 3 is 2.76 bits per heavy atom. The molecule has 9 heteroatoms. The fourth-order valence-electron chi connectivity index (χ4n) is 4.69. The third-order valence-electron chi connectivity index (χ3n) is 6.23. The Morgan fingerprint density at radius 1 is 1.12 bits per heavy atom. The first kappa shape index (κ1) is 21.4. The molecule has 1 aliphatic rings. The summed E-state index contributed by atoms with van der Waals surface area (Å²) in [6.07, 6.45) is 2.68. The summed E-state index contributed by atoms with van der Waals surface area (Å²) < 4.78 is 41.7. The molecule has 1 atom stereocenters. The largest absolute Gasteiger partial charge is 0.437 e. The molecule has 5 rings (SSSR count). The molecule has 0 spiro atoms. The van der Waals surface area contributed by atoms with Crippen molar-refractivity contribution in [2.75, 3.05) is 0 Å². The van der Waals surface area contributed by atoms with Gasteiger partial charge in [0.05, 0.1) is 12.0 Å². The van der Waals surface area contributed by atoms with E-state index in [4.69, 9.17) is 0 Å². The lowest BCUT2D eigenvalue weighted by molar-refractivity contribution is -0.140. The number of pyridine rings is 1. The maximum Gasteiger partial charge on any atom is 0.437 e. The van der Waals surface area contributed by atoms with Gasteiger partial charge in [0.15, 0.2) is 5.69 Å². The molecule has 6 nitrogen and oxygen atoms in total. The molecule has 33 heavy (non-hydrogen) atoms. The van der Waals surface area contributed by atoms with Crippen LogP contribution < -0.4 is 0 Å². The van der Waals surface area contributed by atoms with Crippen LogP contribution in [0.1, 0.15) is 54.5 Å². The summed E-state index contributed by atoms with van der Waals surface area (Å²) in [4.78, 5) is 8.77. The van der Waals surface area contributed by atoms with Crippen molar-refractivity contribution >= 4 is 0 Å². The average Bonchev–Trinajstić information content (AvgIpc) is 3.53. The smallest absolute Gasteiger partial charge is 0.336 e. The zero-order valence-corrected chi connectivity index (χ0v) is 18.3. The molecular formula is C24H23F3N6. The second kappa shape index (κ2) is 8.13. The molecule has 4 aromatic rings. The van der Waals surface area contributed by atoms with Crippen LogP contribution in [0.3, 0.4) is 0 Å². The topological polar surface area (TPSA) is 72.3 Å². The second-order valence-corrected chi connectivity index (χ2v) is 8.71. The Morgan fingerprint density at radius 2 is 1.97 bits per heavy atom. The van der Waals surface area contributed by atoms with Gasteiger partial charge in [0.25, 0.3) is 0 Å². The summed E-state index contributed by atoms with van der Waals surface area (Å²) in [5.74, 6) is 0.906. The summed E-state index contributed by atoms with van der Waals surface area (Å²) in [6, 6.07) is 9.62. The van der Waals surface area contributed by atoms with Gasteiger partial charge in [0.1, 0.15) is 11.4 Å². The Bertz CT molecular complexity index is 1290. The van der Waals surface area contributed by atoms with E-state index in [0.717, 1.165) is 19.4 Å². The number of fused-ring (bicyclic) bond motifs is 1. The normalized spacial score (nSPS) is 15.9. The first-order valence-electron chi connectivity index (χ1n) is 10.9. The highest BCUT2D eigenvalue weighted by Crippen LogP contribution is 2.39. The minimum Gasteiger partial charge on any atom is -0.336 e. The predicted octanol–water partition coefficient (Wildman–Crippen LogP) is 5.60. The fraction of sp³-hybridized carbons (Fsp3) is 0.333. The number of H-pyrrole nitrogens is 1. The third-order valence-corrected chi connectivity index (χ3v) is 6.23. The van der Waals surface area contributed by atoms with Gasteiger partial charge in [-0.3, -0.25) is 4.98 Å². The highest BCUT2D eigenvalue weighted by molar-refractivity contribution is 5.67. The molecule has 0 amide bonds. The van der Waals surface area contributed by atoms with Crippen LogP contribution in [-0.4, -0.2) is 29.9 Å². The van der Waals surface area contributed by atoms with E-state index < -0.39 is 11.9 Å². The van der Waals surface area contributed by atoms with E-state index in [1.54, 1.807) is 12.4 Å². The number of imidazole rings is 1. The predicted molar refractivity (Wildman–Crippen MR) is 117 cm³/mol. The van der Waals surface area contributed by atoms with Crippen LogP contribution in [0, 0.1) is 0 Å². The Labute approximate surface area is 188 Å². The number of alkyl halides is 3. The van der Waals surface area contributed by atoms with E-state index in [-0.39, 0.29) is 11.3 Å². The van der Waals surface area contributed by atoms with Gasteiger partial charge < -0.3 is 4.57 Å². The van der Waals surface area contributed by atoms with Crippen molar-refractivity contribution in [3.63, 3.8) is 0 Å². The summed E-state index contributed by atoms with van der Waals surface area (Å²) in [5, 5.41) is 9.02. The van der Waals surface area contributed by atoms with Crippen molar-refractivity contribution in [2.24, 2.45) is 0 Å². The number of hydrogen-bond donors (Lipinski definition) is 1. The number of hydrogen-bond acceptors (Lipinski definition) is 4. The molecular weight excluding hydrogens is 429 g/mol. The monoisotopic (exact) mass is 452 g/mol. The van der Waals surface area contributed by atoms with Crippen molar-refractivity contribution in [3.05, 3.63) is 71.4 Å². The van der Waals surface area contributed by atoms with Gasteiger partial charge in [0.2, 0.25) is 0 Å². The summed E-state index contributed by atoms with van der Waals surface area (Å²) in [6.45, 7) is 5.24. The SMILES string of the molecule is CC(C)c1cccc2c1CC[C@H]2Cn1cnc(-c2cc(-c3n[nH]nc3C(F)(F)F)ccn2)c1. The molecule has 0 unspecified atom stereocenters. The number of benzene rings is 1. The van der Waals surface area contributed by atoms with E-state index in [1.807, 2.05) is 10.8 Å². The standard InChI is InChI=1S/C24H23F3N6/c1-14(2)17-4-3-5-18-16(6-7-19(17)18)11-33-12-21(29-13-33)20-10-15(8-9-28-20)22-23(24(25,26)27)31-32-30-22/h3-5,8-10,12-14,16H,6-7,11H2,1-2H3,(H,30,31,32)/t16-/m0/s1. The van der Waals surface area contributed by atoms with Gasteiger partial charge in [-0.2, -0.15) is 28.6 Å². The molecule has 3 aromatic heterocycles. The first-order chi connectivity index (χ1) is 15.8. The van der Waals surface area contributed by atoms with Crippen LogP contribution in [0.4, 0.5) is 13.2 Å². The van der Waals surface area contributed by atoms with E-state index in [1.165, 1.54) is 29.0 Å². The van der Waals surface area contributed by atoms with E-state index in [9.17, 15) is 13.2 Å². The van der Waals surface area contributed by atoms with Crippen molar-refractivity contribution in [2.45, 2.75) is 51.2 Å². The maximum absolute atomic E-state index is 13.2. The summed E-state index contributed by atoms with van der Waals surface area (Å²) in [5.41, 5.74) is 4.36. The lowest BCUT2D eigenvalue weighted by Gasteiger charge is -2.15. The zero-order chi connectivity index (χ0) is 23.2. The molecule has 3 heterocycles. The van der Waals surface area contributed by atoms with Crippen molar-refractivity contribution < 1.29 is 13.2 Å². The van der Waals surface area contributed by atoms with Crippen LogP contribution in [0.5, 0.6) is 0 Å². The fourth-order valence-corrected chi connectivity index (χ4v) is 4.69. The number of nitrogens with zero attached hydrogens (tertiary/aromatic N) is 5. The molecule has 0 saturated heterocycles. The van der Waals surface area contributed by atoms with Crippen LogP contribution in [0.2, 0.25) is 0 Å². The second-order valence-electron chi connectivity index (χ2n) is 8.71. The zero-order valence-electron chi connectivity index (χ0n) is 18.3. The van der Waals surface area contributed by atoms with Gasteiger partial charge in [-0.25, -0.2) is 4.98 Å². The number of aromatic nitrogens is 6. The highest BCUT2D eigenvalue weighted by atomic mass is 19.4. The maximum atomic E-state index is 13.2. The van der Waals surface area contributed by atoms with Gasteiger partial charge in [-0.1, -0.05) is 32.0 Å². The number of halogens is 3. The average molecular weight is 452 g/mol. The molecule has 0 aliphatic heterocycles. The summed E-state index contributed by atoms with van der Waals surface area (Å²) in [7, 11) is 0. The third kappa shape index (κ3) is 4.03. The van der Waals surface area contributed by atoms with Gasteiger partial charge in [-0.15, -0.1) is 0 Å². The van der Waals surface area contributed by atoms with E-state index >= 15 is 0 Å². The minimum atomic E-state index is -4.60. The number of nitrogens with one attached hydrogen (secondary N) is 1. The Hall–Kier alpha value is -3.49. The van der Waals surface area contributed by atoms with Crippen molar-refractivity contribution in [3.8, 4) is 22.6 Å². The van der Waals surface area contributed by atoms with Gasteiger partial charge in [-0.05, 0) is 47.6 Å². The highest BCUT2D eigenvalue weighted by Gasteiger charge is 2.38. The molecule has 170 valence electrons. The lowest BCUT2D eigenvalue weighted by Crippen LogP contribution is -2.07. The van der Waals surface area contributed by atoms with Crippen molar-refractivity contribution in [1.82, 2.24) is 29.9 Å². The summed E-state index contributed by atoms with van der Waals surface area (Å²) >= 11 is 0. The van der Waals surface area contributed by atoms with Crippen LogP contribution >= 0.6 is 0 Å². The van der Waals surface area contributed by atoms with Crippen molar-refractivity contribution in [1.29, 1.82) is 0 Å². The quantitative estimate of drug-likeness (QED) is 0.428. The molecule has 0 fully saturated rings. The van der Waals surface area contributed by atoms with Crippen LogP contribution in [0.15, 0.2) is 49.1 Å². The lowest BCUT2D eigenvalue weighted by atomic mass is 9.93. The Kier molecular flexibility index (Phi) is 5.26. The van der Waals surface area contributed by atoms with E-state index in [0.29, 0.717) is 23.2 Å². The van der Waals surface area contributed by atoms with Crippen LogP contribution in [-0.2, 0) is 19.1 Å². The molecule has 1 N–H and O–H groups in total. The van der Waals surface area contributed by atoms with Crippen LogP contribution in [0.25, 0.3) is 22.6 Å². The number of rotatable bonds is 5. The number of aromatic amines is 1. The van der Waals surface area contributed by atoms with Gasteiger partial charge >= 0.3 is 6.18 Å². The van der Waals surface area contributed by atoms with E-state index in [2.05, 4.69) is 57.4 Å².